The molecule has 0 radical (unpaired) electrons. The summed E-state index contributed by atoms with van der Waals surface area (Å²) in [7, 11) is 0. The van der Waals surface area contributed by atoms with Gasteiger partial charge in [-0.15, -0.1) is 0 Å². The molecule has 2 heterocycles. The van der Waals surface area contributed by atoms with Crippen LogP contribution in [0.5, 0.6) is 0 Å². The van der Waals surface area contributed by atoms with E-state index in [-0.39, 0.29) is 0 Å². The Morgan fingerprint density at radius 2 is 2.06 bits per heavy atom. The third-order valence-electron chi connectivity index (χ3n) is 3.01. The Hall–Kier alpha value is -1.81. The van der Waals surface area contributed by atoms with Gasteiger partial charge in [-0.2, -0.15) is 0 Å². The average Bonchev–Trinajstić information content (AvgIpc) is 3.23. The van der Waals surface area contributed by atoms with Crippen molar-refractivity contribution in [3.63, 3.8) is 0 Å². The molecule has 1 fully saturated rings. The number of pyridine rings is 1. The molecule has 1 aliphatic carbocycles. The first-order chi connectivity index (χ1) is 8.36. The summed E-state index contributed by atoms with van der Waals surface area (Å²) < 4.78 is 0. The van der Waals surface area contributed by atoms with Gasteiger partial charge in [-0.1, -0.05) is 0 Å². The predicted molar refractivity (Wildman–Crippen MR) is 65.1 cm³/mol. The smallest absolute Gasteiger partial charge is 0.116 e. The maximum Gasteiger partial charge on any atom is 0.116 e. The van der Waals surface area contributed by atoms with Crippen molar-refractivity contribution >= 4 is 0 Å². The van der Waals surface area contributed by atoms with Crippen LogP contribution in [0.25, 0.3) is 11.3 Å². The molecule has 17 heavy (non-hydrogen) atoms. The van der Waals surface area contributed by atoms with E-state index in [2.05, 4.69) is 27.1 Å². The van der Waals surface area contributed by atoms with E-state index in [0.717, 1.165) is 17.0 Å². The molecule has 0 spiro atoms. The summed E-state index contributed by atoms with van der Waals surface area (Å²) in [6.45, 7) is 0.434. The number of hydrogen-bond donors (Lipinski definition) is 1. The fraction of sp³-hybridized carbons (Fsp3) is 0.308. The van der Waals surface area contributed by atoms with Crippen LogP contribution in [-0.2, 0) is 6.54 Å². The second-order valence-corrected chi connectivity index (χ2v) is 4.34. The number of nitrogens with zero attached hydrogens (tertiary/aromatic N) is 3. The summed E-state index contributed by atoms with van der Waals surface area (Å²) >= 11 is 0. The lowest BCUT2D eigenvalue weighted by Gasteiger charge is -2.03. The molecule has 1 saturated carbocycles. The minimum atomic E-state index is 0.434. The standard InChI is InChI=1S/C13H14N4/c14-6-11-5-13(17-8-16-11)10-3-4-12(15-7-10)9-1-2-9/h3-5,7-9H,1-2,6,14H2. The lowest BCUT2D eigenvalue weighted by molar-refractivity contribution is 0.964. The highest BCUT2D eigenvalue weighted by molar-refractivity contribution is 5.58. The highest BCUT2D eigenvalue weighted by Crippen LogP contribution is 2.39. The Balaban J connectivity index is 1.91. The predicted octanol–water partition coefficient (Wildman–Crippen LogP) is 1.87. The van der Waals surface area contributed by atoms with Gasteiger partial charge in [-0.05, 0) is 31.0 Å². The Labute approximate surface area is 99.9 Å². The fourth-order valence-electron chi connectivity index (χ4n) is 1.84. The molecule has 4 nitrogen and oxygen atoms in total. The van der Waals surface area contributed by atoms with Crippen molar-refractivity contribution in [2.45, 2.75) is 25.3 Å². The number of rotatable bonds is 3. The van der Waals surface area contributed by atoms with Crippen molar-refractivity contribution in [3.05, 3.63) is 42.1 Å². The maximum atomic E-state index is 5.56. The molecule has 0 aromatic carbocycles. The van der Waals surface area contributed by atoms with Gasteiger partial charge in [0.15, 0.2) is 0 Å². The van der Waals surface area contributed by atoms with Gasteiger partial charge in [0, 0.05) is 29.9 Å². The van der Waals surface area contributed by atoms with E-state index in [9.17, 15) is 0 Å². The van der Waals surface area contributed by atoms with Gasteiger partial charge in [0.1, 0.15) is 6.33 Å². The fourth-order valence-corrected chi connectivity index (χ4v) is 1.84. The van der Waals surface area contributed by atoms with Gasteiger partial charge in [0.05, 0.1) is 11.4 Å². The Bertz CT molecular complexity index is 517. The molecule has 0 bridgehead atoms. The molecule has 2 aromatic rings. The lowest BCUT2D eigenvalue weighted by Crippen LogP contribution is -2.00. The normalized spacial score (nSPS) is 14.9. The van der Waals surface area contributed by atoms with Crippen molar-refractivity contribution < 1.29 is 0 Å². The zero-order valence-electron chi connectivity index (χ0n) is 9.50. The van der Waals surface area contributed by atoms with Crippen molar-refractivity contribution in [2.24, 2.45) is 5.73 Å². The third kappa shape index (κ3) is 2.17. The molecule has 1 aliphatic rings. The zero-order valence-corrected chi connectivity index (χ0v) is 9.50. The van der Waals surface area contributed by atoms with Crippen LogP contribution in [-0.4, -0.2) is 15.0 Å². The summed E-state index contributed by atoms with van der Waals surface area (Å²) in [4.78, 5) is 12.8. The van der Waals surface area contributed by atoms with E-state index >= 15 is 0 Å². The van der Waals surface area contributed by atoms with Crippen LogP contribution >= 0.6 is 0 Å². The monoisotopic (exact) mass is 226 g/mol. The quantitative estimate of drug-likeness (QED) is 0.867. The van der Waals surface area contributed by atoms with E-state index in [4.69, 9.17) is 5.73 Å². The van der Waals surface area contributed by atoms with E-state index in [0.29, 0.717) is 12.5 Å². The van der Waals surface area contributed by atoms with E-state index in [1.165, 1.54) is 18.5 Å². The summed E-state index contributed by atoms with van der Waals surface area (Å²) in [6.07, 6.45) is 5.98. The second kappa shape index (κ2) is 4.22. The van der Waals surface area contributed by atoms with Gasteiger partial charge in [0.2, 0.25) is 0 Å². The molecule has 86 valence electrons. The second-order valence-electron chi connectivity index (χ2n) is 4.34. The van der Waals surface area contributed by atoms with Crippen molar-refractivity contribution in [1.82, 2.24) is 15.0 Å². The lowest BCUT2D eigenvalue weighted by atomic mass is 10.1. The first-order valence-electron chi connectivity index (χ1n) is 5.84. The van der Waals surface area contributed by atoms with E-state index in [1.807, 2.05) is 12.3 Å². The molecule has 3 rings (SSSR count). The summed E-state index contributed by atoms with van der Waals surface area (Å²) in [6, 6.07) is 6.08. The number of nitrogens with two attached hydrogens (primary N) is 1. The Morgan fingerprint density at radius 1 is 1.18 bits per heavy atom. The number of hydrogen-bond acceptors (Lipinski definition) is 4. The highest BCUT2D eigenvalue weighted by Gasteiger charge is 2.24. The van der Waals surface area contributed by atoms with E-state index in [1.54, 1.807) is 6.33 Å². The minimum Gasteiger partial charge on any atom is -0.325 e. The molecule has 0 amide bonds. The molecule has 2 aromatic heterocycles. The van der Waals surface area contributed by atoms with Crippen LogP contribution in [0, 0.1) is 0 Å². The molecule has 2 N–H and O–H groups in total. The largest absolute Gasteiger partial charge is 0.325 e. The summed E-state index contributed by atoms with van der Waals surface area (Å²) in [5, 5.41) is 0. The molecular weight excluding hydrogens is 212 g/mol. The van der Waals surface area contributed by atoms with Gasteiger partial charge in [-0.3, -0.25) is 4.98 Å². The van der Waals surface area contributed by atoms with Crippen molar-refractivity contribution in [3.8, 4) is 11.3 Å². The van der Waals surface area contributed by atoms with Crippen LogP contribution in [0.15, 0.2) is 30.7 Å². The number of aromatic nitrogens is 3. The topological polar surface area (TPSA) is 64.7 Å². The van der Waals surface area contributed by atoms with Crippen molar-refractivity contribution in [1.29, 1.82) is 0 Å². The molecule has 0 saturated heterocycles. The first-order valence-corrected chi connectivity index (χ1v) is 5.84. The molecule has 0 atom stereocenters. The SMILES string of the molecule is NCc1cc(-c2ccc(C3CC3)nc2)ncn1. The van der Waals surface area contributed by atoms with Gasteiger partial charge >= 0.3 is 0 Å². The molecule has 4 heteroatoms. The van der Waals surface area contributed by atoms with Gasteiger partial charge in [0.25, 0.3) is 0 Å². The third-order valence-corrected chi connectivity index (χ3v) is 3.01. The zero-order chi connectivity index (χ0) is 11.7. The minimum absolute atomic E-state index is 0.434. The summed E-state index contributed by atoms with van der Waals surface area (Å²) in [5.41, 5.74) is 9.51. The van der Waals surface area contributed by atoms with Crippen LogP contribution in [0.4, 0.5) is 0 Å². The van der Waals surface area contributed by atoms with Gasteiger partial charge < -0.3 is 5.73 Å². The van der Waals surface area contributed by atoms with Crippen molar-refractivity contribution in [2.75, 3.05) is 0 Å². The van der Waals surface area contributed by atoms with Gasteiger partial charge in [-0.25, -0.2) is 9.97 Å². The Kier molecular flexibility index (Phi) is 2.57. The Morgan fingerprint density at radius 3 is 2.71 bits per heavy atom. The first kappa shape index (κ1) is 10.4. The maximum absolute atomic E-state index is 5.56. The molecular formula is C13H14N4. The highest BCUT2D eigenvalue weighted by atomic mass is 14.9. The van der Waals surface area contributed by atoms with Crippen LogP contribution in [0.3, 0.4) is 0 Å². The van der Waals surface area contributed by atoms with Crippen LogP contribution in [0.1, 0.15) is 30.1 Å². The molecule has 0 unspecified atom stereocenters. The molecule has 0 aliphatic heterocycles. The van der Waals surface area contributed by atoms with E-state index < -0.39 is 0 Å². The average molecular weight is 226 g/mol. The van der Waals surface area contributed by atoms with Crippen LogP contribution < -0.4 is 5.73 Å². The summed E-state index contributed by atoms with van der Waals surface area (Å²) in [5.74, 6) is 0.689. The van der Waals surface area contributed by atoms with Crippen LogP contribution in [0.2, 0.25) is 0 Å².